The van der Waals surface area contributed by atoms with Crippen LogP contribution in [0.5, 0.6) is 0 Å². The zero-order chi connectivity index (χ0) is 17.1. The molecule has 4 unspecified atom stereocenters. The van der Waals surface area contributed by atoms with Crippen molar-refractivity contribution in [2.75, 3.05) is 23.8 Å². The number of aryl methyl sites for hydroxylation is 1. The highest BCUT2D eigenvalue weighted by molar-refractivity contribution is 5.54. The normalized spacial score (nSPS) is 31.7. The van der Waals surface area contributed by atoms with Crippen molar-refractivity contribution in [1.29, 1.82) is 0 Å². The number of alkyl halides is 3. The molecule has 0 aromatic carbocycles. The summed E-state index contributed by atoms with van der Waals surface area (Å²) in [6.07, 6.45) is 0.855. The molecule has 0 aliphatic carbocycles. The molecular weight excluding hydrogens is 317 g/mol. The van der Waals surface area contributed by atoms with Crippen LogP contribution in [0.25, 0.3) is 0 Å². The van der Waals surface area contributed by atoms with Gasteiger partial charge in [-0.25, -0.2) is 4.98 Å². The van der Waals surface area contributed by atoms with Gasteiger partial charge < -0.3 is 10.2 Å². The Labute approximate surface area is 140 Å². The van der Waals surface area contributed by atoms with Crippen LogP contribution in [0.4, 0.5) is 24.7 Å². The van der Waals surface area contributed by atoms with Gasteiger partial charge in [0.15, 0.2) is 0 Å². The van der Waals surface area contributed by atoms with E-state index in [2.05, 4.69) is 15.2 Å². The van der Waals surface area contributed by atoms with E-state index in [0.717, 1.165) is 34.8 Å². The molecule has 4 atom stereocenters. The number of pyridine rings is 1. The second-order valence-corrected chi connectivity index (χ2v) is 7.40. The third kappa shape index (κ3) is 2.72. The molecule has 3 aliphatic rings. The lowest BCUT2D eigenvalue weighted by atomic mass is 9.89. The van der Waals surface area contributed by atoms with Crippen molar-refractivity contribution in [1.82, 2.24) is 9.88 Å². The van der Waals surface area contributed by atoms with E-state index in [1.54, 1.807) is 6.07 Å². The molecule has 1 aromatic rings. The molecule has 1 N–H and O–H groups in total. The molecule has 7 heteroatoms. The highest BCUT2D eigenvalue weighted by atomic mass is 19.4. The molecule has 0 saturated carbocycles. The summed E-state index contributed by atoms with van der Waals surface area (Å²) in [7, 11) is 1.42. The summed E-state index contributed by atoms with van der Waals surface area (Å²) in [5.74, 6) is 0.353. The maximum atomic E-state index is 12.5. The molecule has 132 valence electrons. The van der Waals surface area contributed by atoms with Crippen molar-refractivity contribution >= 4 is 11.5 Å². The number of hydrogen-bond donors (Lipinski definition) is 1. The maximum absolute atomic E-state index is 12.5. The van der Waals surface area contributed by atoms with E-state index < -0.39 is 12.7 Å². The Morgan fingerprint density at radius 3 is 2.58 bits per heavy atom. The van der Waals surface area contributed by atoms with Gasteiger partial charge in [-0.05, 0) is 44.7 Å². The van der Waals surface area contributed by atoms with E-state index in [1.165, 1.54) is 26.3 Å². The van der Waals surface area contributed by atoms with Gasteiger partial charge in [-0.3, -0.25) is 4.90 Å². The third-order valence-electron chi connectivity index (χ3n) is 5.78. The van der Waals surface area contributed by atoms with Crippen LogP contribution in [0.1, 0.15) is 31.4 Å². The van der Waals surface area contributed by atoms with E-state index >= 15 is 0 Å². The molecule has 4 rings (SSSR count). The number of rotatable bonds is 4. The van der Waals surface area contributed by atoms with Crippen LogP contribution in [0.2, 0.25) is 0 Å². The van der Waals surface area contributed by atoms with Crippen LogP contribution in [-0.4, -0.2) is 53.8 Å². The Hall–Kier alpha value is -1.50. The van der Waals surface area contributed by atoms with Crippen LogP contribution in [-0.2, 0) is 0 Å². The third-order valence-corrected chi connectivity index (χ3v) is 5.78. The number of anilines is 2. The molecule has 0 amide bonds. The Morgan fingerprint density at radius 2 is 1.96 bits per heavy atom. The van der Waals surface area contributed by atoms with Crippen molar-refractivity contribution in [3.8, 4) is 0 Å². The number of halogens is 3. The Kier molecular flexibility index (Phi) is 3.67. The van der Waals surface area contributed by atoms with Crippen molar-refractivity contribution in [2.24, 2.45) is 0 Å². The summed E-state index contributed by atoms with van der Waals surface area (Å²) in [6.45, 7) is 0.863. The average Bonchev–Trinajstić information content (AvgIpc) is 2.86. The number of aromatic nitrogens is 1. The van der Waals surface area contributed by atoms with Crippen LogP contribution in [0.3, 0.4) is 0 Å². The van der Waals surface area contributed by atoms with Gasteiger partial charge in [-0.1, -0.05) is 0 Å². The summed E-state index contributed by atoms with van der Waals surface area (Å²) in [5.41, 5.74) is 1.69. The average molecular weight is 340 g/mol. The fourth-order valence-electron chi connectivity index (χ4n) is 4.70. The molecular formula is C17H23F3N4. The van der Waals surface area contributed by atoms with Crippen molar-refractivity contribution < 1.29 is 13.2 Å². The van der Waals surface area contributed by atoms with E-state index in [1.807, 2.05) is 13.0 Å². The van der Waals surface area contributed by atoms with Crippen LogP contribution >= 0.6 is 0 Å². The summed E-state index contributed by atoms with van der Waals surface area (Å²) < 4.78 is 37.5. The Balaban J connectivity index is 1.43. The van der Waals surface area contributed by atoms with Crippen LogP contribution < -0.4 is 10.2 Å². The molecule has 4 heterocycles. The lowest BCUT2D eigenvalue weighted by molar-refractivity contribution is -0.119. The number of hydrogen-bond acceptors (Lipinski definition) is 4. The topological polar surface area (TPSA) is 31.4 Å². The zero-order valence-electron chi connectivity index (χ0n) is 14.0. The molecule has 3 saturated heterocycles. The first kappa shape index (κ1) is 16.0. The minimum absolute atomic E-state index is 0.353. The lowest BCUT2D eigenvalue weighted by Crippen LogP contribution is -2.55. The molecule has 4 nitrogen and oxygen atoms in total. The second kappa shape index (κ2) is 5.51. The van der Waals surface area contributed by atoms with Gasteiger partial charge in [0.05, 0.1) is 11.4 Å². The number of nitrogens with one attached hydrogen (secondary N) is 1. The Morgan fingerprint density at radius 1 is 1.25 bits per heavy atom. The van der Waals surface area contributed by atoms with Crippen molar-refractivity contribution in [2.45, 2.75) is 63.0 Å². The fourth-order valence-corrected chi connectivity index (χ4v) is 4.70. The quantitative estimate of drug-likeness (QED) is 0.912. The predicted octanol–water partition coefficient (Wildman–Crippen LogP) is 3.18. The predicted molar refractivity (Wildman–Crippen MR) is 87.4 cm³/mol. The summed E-state index contributed by atoms with van der Waals surface area (Å²) >= 11 is 0. The summed E-state index contributed by atoms with van der Waals surface area (Å²) in [5, 5.41) is 3.59. The highest BCUT2D eigenvalue weighted by Gasteiger charge is 2.55. The van der Waals surface area contributed by atoms with Gasteiger partial charge >= 0.3 is 6.18 Å². The first-order valence-corrected chi connectivity index (χ1v) is 8.61. The smallest absolute Gasteiger partial charge is 0.379 e. The summed E-state index contributed by atoms with van der Waals surface area (Å²) in [4.78, 5) is 8.16. The van der Waals surface area contributed by atoms with Gasteiger partial charge in [0.1, 0.15) is 12.4 Å². The first-order chi connectivity index (χ1) is 11.3. The van der Waals surface area contributed by atoms with Crippen LogP contribution in [0, 0.1) is 6.92 Å². The maximum Gasteiger partial charge on any atom is 0.405 e. The van der Waals surface area contributed by atoms with E-state index in [9.17, 15) is 13.2 Å². The Bertz CT molecular complexity index is 633. The highest BCUT2D eigenvalue weighted by Crippen LogP contribution is 2.48. The summed E-state index contributed by atoms with van der Waals surface area (Å²) in [6, 6.07) is 6.10. The van der Waals surface area contributed by atoms with Gasteiger partial charge in [0.25, 0.3) is 0 Å². The van der Waals surface area contributed by atoms with Crippen molar-refractivity contribution in [3.05, 3.63) is 17.8 Å². The first-order valence-electron chi connectivity index (χ1n) is 8.61. The van der Waals surface area contributed by atoms with Gasteiger partial charge in [-0.15, -0.1) is 0 Å². The molecule has 24 heavy (non-hydrogen) atoms. The molecule has 0 spiro atoms. The minimum atomic E-state index is -4.22. The van der Waals surface area contributed by atoms with Crippen molar-refractivity contribution in [3.63, 3.8) is 0 Å². The monoisotopic (exact) mass is 340 g/mol. The van der Waals surface area contributed by atoms with E-state index in [0.29, 0.717) is 17.9 Å². The zero-order valence-corrected chi connectivity index (χ0v) is 14.0. The molecule has 3 fully saturated rings. The lowest BCUT2D eigenvalue weighted by Gasteiger charge is -2.44. The molecule has 3 aliphatic heterocycles. The van der Waals surface area contributed by atoms with Gasteiger partial charge in [-0.2, -0.15) is 13.2 Å². The van der Waals surface area contributed by atoms with Gasteiger partial charge in [0, 0.05) is 31.2 Å². The fraction of sp³-hybridized carbons (Fsp3) is 0.706. The molecule has 0 radical (unpaired) electrons. The standard InChI is InChI=1S/C17H23F3N4/c1-10-13(5-6-16(21-10)23(2)9-17(18,19)20)22-14-7-11-3-4-12-8-15(14)24(11)12/h5-6,11-12,14-15,22H,3-4,7-9H2,1-2H3. The SMILES string of the molecule is Cc1nc(N(C)CC(F)(F)F)ccc1NC1CC2CCC3CC1N23. The second-order valence-electron chi connectivity index (χ2n) is 7.40. The minimum Gasteiger partial charge on any atom is -0.379 e. The van der Waals surface area contributed by atoms with Gasteiger partial charge in [0.2, 0.25) is 0 Å². The van der Waals surface area contributed by atoms with E-state index in [-0.39, 0.29) is 0 Å². The van der Waals surface area contributed by atoms with E-state index in [4.69, 9.17) is 0 Å². The largest absolute Gasteiger partial charge is 0.405 e. The van der Waals surface area contributed by atoms with Crippen LogP contribution in [0.15, 0.2) is 12.1 Å². The molecule has 1 aromatic heterocycles. The molecule has 0 bridgehead atoms. The number of nitrogens with zero attached hydrogens (tertiary/aromatic N) is 3.